The number of aromatic nitrogens is 4. The maximum absolute atomic E-state index is 13.4. The molecule has 4 heterocycles. The SMILES string of the molecule is COc1cnc(-c2cnc(S(C)(=O)=O)nc2)c2[nH]cc(C(=O)C(=O)N3CCC(=C(C#N)c4ccccc4)CC3)c12. The van der Waals surface area contributed by atoms with Crippen molar-refractivity contribution in [3.8, 4) is 23.1 Å². The molecule has 1 aromatic carbocycles. The number of allylic oxidation sites excluding steroid dienone is 1. The van der Waals surface area contributed by atoms with Crippen LogP contribution in [0.5, 0.6) is 5.75 Å². The molecule has 11 nitrogen and oxygen atoms in total. The van der Waals surface area contributed by atoms with Crippen LogP contribution in [-0.4, -0.2) is 71.4 Å². The van der Waals surface area contributed by atoms with Gasteiger partial charge in [0.15, 0.2) is 0 Å². The van der Waals surface area contributed by atoms with Crippen LogP contribution in [0.2, 0.25) is 0 Å². The van der Waals surface area contributed by atoms with E-state index in [4.69, 9.17) is 4.74 Å². The van der Waals surface area contributed by atoms with Crippen LogP contribution in [0.25, 0.3) is 27.7 Å². The van der Waals surface area contributed by atoms with E-state index in [9.17, 15) is 23.3 Å². The number of nitriles is 1. The zero-order valence-corrected chi connectivity index (χ0v) is 22.5. The quantitative estimate of drug-likeness (QED) is 0.163. The van der Waals surface area contributed by atoms with E-state index in [1.807, 2.05) is 30.3 Å². The number of Topliss-reactive ketones (excluding diaryl/α,β-unsaturated/α-hetero) is 1. The van der Waals surface area contributed by atoms with Gasteiger partial charge in [0.25, 0.3) is 11.7 Å². The van der Waals surface area contributed by atoms with E-state index < -0.39 is 21.5 Å². The number of methoxy groups -OCH3 is 1. The van der Waals surface area contributed by atoms with Crippen molar-refractivity contribution < 1.29 is 22.7 Å². The first kappa shape index (κ1) is 26.7. The van der Waals surface area contributed by atoms with Crippen LogP contribution >= 0.6 is 0 Å². The van der Waals surface area contributed by atoms with Crippen molar-refractivity contribution in [3.05, 3.63) is 71.8 Å². The van der Waals surface area contributed by atoms with Crippen molar-refractivity contribution in [1.29, 1.82) is 5.26 Å². The predicted molar refractivity (Wildman–Crippen MR) is 146 cm³/mol. The minimum Gasteiger partial charge on any atom is -0.494 e. The smallest absolute Gasteiger partial charge is 0.295 e. The molecular weight excluding hydrogens is 532 g/mol. The standard InChI is InChI=1S/C28H24N6O5S/c1-39-22-16-31-24(19-13-32-28(33-14-19)40(2,37)38)25-23(22)21(15-30-25)26(35)27(36)34-10-8-18(9-11-34)20(12-29)17-6-4-3-5-7-17/h3-7,13-16,30H,8-11H2,1-2H3. The Morgan fingerprint density at radius 2 is 1.73 bits per heavy atom. The zero-order valence-electron chi connectivity index (χ0n) is 21.7. The van der Waals surface area contributed by atoms with E-state index in [1.165, 1.54) is 36.8 Å². The van der Waals surface area contributed by atoms with Crippen LogP contribution < -0.4 is 4.74 Å². The number of ketones is 1. The highest BCUT2D eigenvalue weighted by molar-refractivity contribution is 7.90. The Morgan fingerprint density at radius 3 is 2.33 bits per heavy atom. The lowest BCUT2D eigenvalue weighted by Crippen LogP contribution is -2.40. The number of benzene rings is 1. The summed E-state index contributed by atoms with van der Waals surface area (Å²) >= 11 is 0. The fourth-order valence-electron chi connectivity index (χ4n) is 4.74. The van der Waals surface area contributed by atoms with Gasteiger partial charge < -0.3 is 14.6 Å². The fourth-order valence-corrected chi connectivity index (χ4v) is 5.23. The van der Waals surface area contributed by atoms with Gasteiger partial charge in [-0.25, -0.2) is 18.4 Å². The van der Waals surface area contributed by atoms with Crippen LogP contribution in [0.4, 0.5) is 0 Å². The molecule has 1 fully saturated rings. The van der Waals surface area contributed by atoms with Gasteiger partial charge in [0.1, 0.15) is 5.75 Å². The van der Waals surface area contributed by atoms with Crippen molar-refractivity contribution >= 4 is 38.0 Å². The molecule has 40 heavy (non-hydrogen) atoms. The van der Waals surface area contributed by atoms with E-state index in [2.05, 4.69) is 26.0 Å². The minimum atomic E-state index is -3.58. The molecule has 0 aliphatic carbocycles. The van der Waals surface area contributed by atoms with Crippen LogP contribution in [0.1, 0.15) is 28.8 Å². The van der Waals surface area contributed by atoms with Gasteiger partial charge in [0.05, 0.1) is 47.1 Å². The number of H-pyrrole nitrogens is 1. The number of hydrogen-bond donors (Lipinski definition) is 1. The van der Waals surface area contributed by atoms with E-state index in [1.54, 1.807) is 0 Å². The van der Waals surface area contributed by atoms with Gasteiger partial charge in [-0.15, -0.1) is 0 Å². The van der Waals surface area contributed by atoms with Gasteiger partial charge >= 0.3 is 0 Å². The van der Waals surface area contributed by atoms with Crippen LogP contribution in [0.15, 0.2) is 65.8 Å². The number of nitrogens with zero attached hydrogens (tertiary/aromatic N) is 5. The lowest BCUT2D eigenvalue weighted by atomic mass is 9.93. The second-order valence-electron chi connectivity index (χ2n) is 9.23. The number of piperidine rings is 1. The Hall–Kier alpha value is -4.89. The van der Waals surface area contributed by atoms with Gasteiger partial charge in [-0.1, -0.05) is 30.3 Å². The fraction of sp³-hybridized carbons (Fsp3) is 0.214. The average molecular weight is 557 g/mol. The van der Waals surface area contributed by atoms with E-state index >= 15 is 0 Å². The summed E-state index contributed by atoms with van der Waals surface area (Å²) in [6, 6.07) is 11.7. The average Bonchev–Trinajstić information content (AvgIpc) is 3.42. The number of ether oxygens (including phenoxy) is 1. The molecule has 0 bridgehead atoms. The molecule has 1 amide bonds. The highest BCUT2D eigenvalue weighted by Gasteiger charge is 2.30. The number of hydrogen-bond acceptors (Lipinski definition) is 9. The number of aromatic amines is 1. The second kappa shape index (κ2) is 10.7. The first-order chi connectivity index (χ1) is 19.2. The number of carbonyl (C=O) groups is 2. The molecule has 1 aliphatic heterocycles. The van der Waals surface area contributed by atoms with Gasteiger partial charge in [0, 0.05) is 43.5 Å². The van der Waals surface area contributed by atoms with Gasteiger partial charge in [-0.2, -0.15) is 5.26 Å². The molecule has 4 aromatic rings. The highest BCUT2D eigenvalue weighted by atomic mass is 32.2. The monoisotopic (exact) mass is 556 g/mol. The number of fused-ring (bicyclic) bond motifs is 1. The molecule has 1 aliphatic rings. The van der Waals surface area contributed by atoms with Crippen LogP contribution in [-0.2, 0) is 14.6 Å². The molecule has 12 heteroatoms. The normalized spacial score (nSPS) is 13.6. The number of amides is 1. The number of pyridine rings is 1. The summed E-state index contributed by atoms with van der Waals surface area (Å²) in [5.74, 6) is -1.07. The summed E-state index contributed by atoms with van der Waals surface area (Å²) in [6.07, 6.45) is 7.50. The second-order valence-corrected chi connectivity index (χ2v) is 11.1. The van der Waals surface area contributed by atoms with E-state index in [0.29, 0.717) is 53.7 Å². The summed E-state index contributed by atoms with van der Waals surface area (Å²) in [7, 11) is -2.15. The van der Waals surface area contributed by atoms with E-state index in [0.717, 1.165) is 17.4 Å². The van der Waals surface area contributed by atoms with Gasteiger partial charge in [-0.3, -0.25) is 14.6 Å². The Kier molecular flexibility index (Phi) is 7.15. The molecule has 0 unspecified atom stereocenters. The molecule has 3 aromatic heterocycles. The Bertz CT molecular complexity index is 1800. The predicted octanol–water partition coefficient (Wildman–Crippen LogP) is 3.21. The summed E-state index contributed by atoms with van der Waals surface area (Å²) in [5.41, 5.74) is 3.71. The maximum atomic E-state index is 13.4. The first-order valence-corrected chi connectivity index (χ1v) is 14.2. The third-order valence-electron chi connectivity index (χ3n) is 6.75. The Morgan fingerprint density at radius 1 is 1.05 bits per heavy atom. The third-order valence-corrected chi connectivity index (χ3v) is 7.62. The van der Waals surface area contributed by atoms with Crippen LogP contribution in [0.3, 0.4) is 0 Å². The topological polar surface area (TPSA) is 159 Å². The number of carbonyl (C=O) groups excluding carboxylic acids is 2. The van der Waals surface area contributed by atoms with Crippen molar-refractivity contribution in [2.24, 2.45) is 0 Å². The Balaban J connectivity index is 1.42. The van der Waals surface area contributed by atoms with Gasteiger partial charge in [-0.05, 0) is 24.0 Å². The third kappa shape index (κ3) is 4.94. The van der Waals surface area contributed by atoms with E-state index in [-0.39, 0.29) is 16.5 Å². The molecule has 1 N–H and O–H groups in total. The zero-order chi connectivity index (χ0) is 28.4. The summed E-state index contributed by atoms with van der Waals surface area (Å²) < 4.78 is 28.9. The molecular formula is C28H24N6O5S. The highest BCUT2D eigenvalue weighted by Crippen LogP contribution is 2.35. The maximum Gasteiger partial charge on any atom is 0.295 e. The first-order valence-electron chi connectivity index (χ1n) is 12.3. The largest absolute Gasteiger partial charge is 0.494 e. The number of likely N-dealkylation sites (tertiary alicyclic amines) is 1. The number of sulfone groups is 1. The number of nitrogens with one attached hydrogen (secondary N) is 1. The van der Waals surface area contributed by atoms with Crippen molar-refractivity contribution in [2.75, 3.05) is 26.5 Å². The van der Waals surface area contributed by atoms with Crippen LogP contribution in [0, 0.1) is 11.3 Å². The molecule has 0 atom stereocenters. The molecule has 1 saturated heterocycles. The molecule has 202 valence electrons. The van der Waals surface area contributed by atoms with Gasteiger partial charge in [0.2, 0.25) is 15.0 Å². The van der Waals surface area contributed by atoms with Crippen molar-refractivity contribution in [1.82, 2.24) is 24.8 Å². The lowest BCUT2D eigenvalue weighted by Gasteiger charge is -2.28. The van der Waals surface area contributed by atoms with Crippen molar-refractivity contribution in [2.45, 2.75) is 18.0 Å². The molecule has 0 radical (unpaired) electrons. The summed E-state index contributed by atoms with van der Waals surface area (Å²) in [4.78, 5) is 43.4. The lowest BCUT2D eigenvalue weighted by molar-refractivity contribution is -0.126. The molecule has 0 spiro atoms. The molecule has 5 rings (SSSR count). The summed E-state index contributed by atoms with van der Waals surface area (Å²) in [6.45, 7) is 0.627. The summed E-state index contributed by atoms with van der Waals surface area (Å²) in [5, 5.41) is 9.77. The Labute approximate surface area is 230 Å². The number of rotatable bonds is 6. The minimum absolute atomic E-state index is 0.123. The molecule has 0 saturated carbocycles. The van der Waals surface area contributed by atoms with Crippen molar-refractivity contribution in [3.63, 3.8) is 0 Å².